The molecule has 5 nitrogen and oxygen atoms in total. The van der Waals surface area contributed by atoms with E-state index in [0.29, 0.717) is 13.2 Å². The van der Waals surface area contributed by atoms with Gasteiger partial charge < -0.3 is 15.2 Å². The van der Waals surface area contributed by atoms with E-state index in [1.807, 2.05) is 0 Å². The third kappa shape index (κ3) is 5.20. The van der Waals surface area contributed by atoms with Crippen molar-refractivity contribution < 1.29 is 23.4 Å². The van der Waals surface area contributed by atoms with Crippen molar-refractivity contribution in [2.24, 2.45) is 0 Å². The molecule has 1 aromatic carbocycles. The zero-order valence-corrected chi connectivity index (χ0v) is 11.2. The van der Waals surface area contributed by atoms with Gasteiger partial charge in [0.05, 0.1) is 19.8 Å². The van der Waals surface area contributed by atoms with Crippen molar-refractivity contribution in [3.8, 4) is 0 Å². The number of hydrogen-bond acceptors (Lipinski definition) is 4. The monoisotopic (exact) mass is 288 g/mol. The molecule has 1 rings (SSSR count). The number of carbonyl (C=O) groups is 1. The lowest BCUT2D eigenvalue weighted by molar-refractivity contribution is -0.117. The van der Waals surface area contributed by atoms with Crippen LogP contribution in [0.2, 0.25) is 0 Å². The minimum atomic E-state index is -0.830. The number of carbonyl (C=O) groups excluding carboxylic acids is 1. The average molecular weight is 288 g/mol. The van der Waals surface area contributed by atoms with Gasteiger partial charge in [0.1, 0.15) is 17.3 Å². The van der Waals surface area contributed by atoms with Gasteiger partial charge in [-0.25, -0.2) is 8.78 Å². The van der Waals surface area contributed by atoms with Gasteiger partial charge in [0.2, 0.25) is 5.91 Å². The summed E-state index contributed by atoms with van der Waals surface area (Å²) in [4.78, 5) is 13.4. The second kappa shape index (κ2) is 8.57. The Morgan fingerprint density at radius 2 is 2.00 bits per heavy atom. The van der Waals surface area contributed by atoms with Crippen molar-refractivity contribution in [2.45, 2.75) is 0 Å². The smallest absolute Gasteiger partial charge is 0.238 e. The number of amides is 1. The number of rotatable bonds is 8. The molecule has 1 aromatic rings. The van der Waals surface area contributed by atoms with Crippen molar-refractivity contribution >= 4 is 11.6 Å². The molecule has 112 valence electrons. The summed E-state index contributed by atoms with van der Waals surface area (Å²) in [6, 6.07) is 3.35. The number of aliphatic hydroxyl groups excluding tert-OH is 1. The number of aliphatic hydroxyl groups is 1. The van der Waals surface area contributed by atoms with Crippen LogP contribution in [0.25, 0.3) is 0 Å². The van der Waals surface area contributed by atoms with Gasteiger partial charge in [-0.15, -0.1) is 0 Å². The van der Waals surface area contributed by atoms with Gasteiger partial charge in [0, 0.05) is 20.2 Å². The summed E-state index contributed by atoms with van der Waals surface area (Å²) in [6.45, 7) is 0.894. The first-order valence-electron chi connectivity index (χ1n) is 6.14. The Bertz CT molecular complexity index is 423. The molecule has 0 aliphatic carbocycles. The standard InChI is InChI=1S/C13H18F2N2O3/c1-20-8-6-17(5-7-18)9-12(19)16-13-10(14)3-2-4-11(13)15/h2-4,18H,5-9H2,1H3,(H,16,19). The third-order valence-electron chi connectivity index (χ3n) is 2.62. The van der Waals surface area contributed by atoms with Crippen molar-refractivity contribution in [1.29, 1.82) is 0 Å². The molecular weight excluding hydrogens is 270 g/mol. The fraction of sp³-hybridized carbons (Fsp3) is 0.462. The first kappa shape index (κ1) is 16.5. The maximum absolute atomic E-state index is 13.4. The Morgan fingerprint density at radius 3 is 2.55 bits per heavy atom. The normalized spacial score (nSPS) is 10.8. The first-order valence-corrected chi connectivity index (χ1v) is 6.14. The van der Waals surface area contributed by atoms with Crippen molar-refractivity contribution in [3.63, 3.8) is 0 Å². The fourth-order valence-electron chi connectivity index (χ4n) is 1.63. The number of anilines is 1. The summed E-state index contributed by atoms with van der Waals surface area (Å²) < 4.78 is 31.6. The number of para-hydroxylation sites is 1. The van der Waals surface area contributed by atoms with Gasteiger partial charge >= 0.3 is 0 Å². The van der Waals surface area contributed by atoms with E-state index in [-0.39, 0.29) is 19.7 Å². The van der Waals surface area contributed by atoms with E-state index in [2.05, 4.69) is 5.32 Å². The molecule has 0 radical (unpaired) electrons. The van der Waals surface area contributed by atoms with Gasteiger partial charge in [-0.2, -0.15) is 0 Å². The largest absolute Gasteiger partial charge is 0.395 e. The molecule has 0 fully saturated rings. The summed E-state index contributed by atoms with van der Waals surface area (Å²) in [6.07, 6.45) is 0. The highest BCUT2D eigenvalue weighted by atomic mass is 19.1. The molecule has 0 spiro atoms. The lowest BCUT2D eigenvalue weighted by Crippen LogP contribution is -2.37. The summed E-state index contributed by atoms with van der Waals surface area (Å²) >= 11 is 0. The van der Waals surface area contributed by atoms with Crippen molar-refractivity contribution in [1.82, 2.24) is 4.90 Å². The van der Waals surface area contributed by atoms with Gasteiger partial charge in [-0.05, 0) is 12.1 Å². The quantitative estimate of drug-likeness (QED) is 0.744. The molecule has 7 heteroatoms. The Balaban J connectivity index is 2.61. The van der Waals surface area contributed by atoms with Crippen molar-refractivity contribution in [2.75, 3.05) is 45.3 Å². The van der Waals surface area contributed by atoms with Gasteiger partial charge in [0.25, 0.3) is 0 Å². The molecule has 0 saturated heterocycles. The summed E-state index contributed by atoms with van der Waals surface area (Å²) in [5.41, 5.74) is -0.465. The second-order valence-corrected chi connectivity index (χ2v) is 4.14. The number of nitrogens with zero attached hydrogens (tertiary/aromatic N) is 1. The Kier molecular flexibility index (Phi) is 7.06. The number of ether oxygens (including phenoxy) is 1. The second-order valence-electron chi connectivity index (χ2n) is 4.14. The molecule has 2 N–H and O–H groups in total. The molecule has 1 amide bonds. The molecular formula is C13H18F2N2O3. The van der Waals surface area contributed by atoms with Crippen LogP contribution in [-0.4, -0.2) is 55.9 Å². The van der Waals surface area contributed by atoms with Crippen molar-refractivity contribution in [3.05, 3.63) is 29.8 Å². The average Bonchev–Trinajstić information content (AvgIpc) is 2.40. The van der Waals surface area contributed by atoms with E-state index >= 15 is 0 Å². The van der Waals surface area contributed by atoms with E-state index in [9.17, 15) is 13.6 Å². The molecule has 20 heavy (non-hydrogen) atoms. The molecule has 0 heterocycles. The molecule has 0 atom stereocenters. The number of benzene rings is 1. The van der Waals surface area contributed by atoms with E-state index in [0.717, 1.165) is 12.1 Å². The van der Waals surface area contributed by atoms with E-state index in [1.54, 1.807) is 4.90 Å². The van der Waals surface area contributed by atoms with Crippen LogP contribution in [-0.2, 0) is 9.53 Å². The Morgan fingerprint density at radius 1 is 1.35 bits per heavy atom. The van der Waals surface area contributed by atoms with Crippen LogP contribution in [0.15, 0.2) is 18.2 Å². The molecule has 0 bridgehead atoms. The minimum absolute atomic E-state index is 0.0856. The van der Waals surface area contributed by atoms with Crippen LogP contribution >= 0.6 is 0 Å². The topological polar surface area (TPSA) is 61.8 Å². The summed E-state index contributed by atoms with van der Waals surface area (Å²) in [5, 5.41) is 11.1. The summed E-state index contributed by atoms with van der Waals surface area (Å²) in [7, 11) is 1.52. The molecule has 0 aliphatic heterocycles. The van der Waals surface area contributed by atoms with Gasteiger partial charge in [-0.1, -0.05) is 6.07 Å². The van der Waals surface area contributed by atoms with Crippen LogP contribution in [0.1, 0.15) is 0 Å². The zero-order chi connectivity index (χ0) is 15.0. The highest BCUT2D eigenvalue weighted by Gasteiger charge is 2.14. The van der Waals surface area contributed by atoms with Crippen LogP contribution < -0.4 is 5.32 Å². The first-order chi connectivity index (χ1) is 9.58. The molecule has 0 aliphatic rings. The van der Waals surface area contributed by atoms with Gasteiger partial charge in [-0.3, -0.25) is 9.69 Å². The van der Waals surface area contributed by atoms with E-state index < -0.39 is 23.2 Å². The maximum atomic E-state index is 13.4. The predicted molar refractivity (Wildman–Crippen MR) is 70.4 cm³/mol. The summed E-state index contributed by atoms with van der Waals surface area (Å²) in [5.74, 6) is -2.22. The van der Waals surface area contributed by atoms with Crippen LogP contribution in [0.4, 0.5) is 14.5 Å². The van der Waals surface area contributed by atoms with Crippen LogP contribution in [0.5, 0.6) is 0 Å². The Hall–Kier alpha value is -1.57. The molecule has 0 unspecified atom stereocenters. The highest BCUT2D eigenvalue weighted by molar-refractivity contribution is 5.92. The van der Waals surface area contributed by atoms with E-state index in [1.165, 1.54) is 13.2 Å². The fourth-order valence-corrected chi connectivity index (χ4v) is 1.63. The van der Waals surface area contributed by atoms with Crippen LogP contribution in [0.3, 0.4) is 0 Å². The van der Waals surface area contributed by atoms with Crippen LogP contribution in [0, 0.1) is 11.6 Å². The predicted octanol–water partition coefficient (Wildman–Crippen LogP) is 0.844. The third-order valence-corrected chi connectivity index (χ3v) is 2.62. The van der Waals surface area contributed by atoms with Gasteiger partial charge in [0.15, 0.2) is 0 Å². The molecule has 0 aromatic heterocycles. The molecule has 0 saturated carbocycles. The number of hydrogen-bond donors (Lipinski definition) is 2. The number of methoxy groups -OCH3 is 1. The number of nitrogens with one attached hydrogen (secondary N) is 1. The van der Waals surface area contributed by atoms with E-state index in [4.69, 9.17) is 9.84 Å². The zero-order valence-electron chi connectivity index (χ0n) is 11.2. The SMILES string of the molecule is COCCN(CCO)CC(=O)Nc1c(F)cccc1F. The highest BCUT2D eigenvalue weighted by Crippen LogP contribution is 2.17. The lowest BCUT2D eigenvalue weighted by atomic mass is 10.3. The number of halogens is 2. The minimum Gasteiger partial charge on any atom is -0.395 e. The maximum Gasteiger partial charge on any atom is 0.238 e. The Labute approximate surface area is 116 Å². The lowest BCUT2D eigenvalue weighted by Gasteiger charge is -2.20.